The van der Waals surface area contributed by atoms with E-state index in [1.54, 1.807) is 6.92 Å². The van der Waals surface area contributed by atoms with Crippen molar-refractivity contribution in [2.24, 2.45) is 0 Å². The Hall–Kier alpha value is -0.520. The van der Waals surface area contributed by atoms with E-state index in [0.29, 0.717) is 0 Å². The summed E-state index contributed by atoms with van der Waals surface area (Å²) in [4.78, 5) is 0. The molecule has 0 spiro atoms. The standard InChI is InChI=1S/C10H18O2/c1-6-7-10(11-8(2)3)12-9(4)5/h8-10H,1-5H3. The van der Waals surface area contributed by atoms with Crippen molar-refractivity contribution >= 4 is 0 Å². The number of hydrogen-bond donors (Lipinski definition) is 0. The monoisotopic (exact) mass is 170 g/mol. The van der Waals surface area contributed by atoms with Gasteiger partial charge in [0.15, 0.2) is 0 Å². The third-order valence-corrected chi connectivity index (χ3v) is 1.05. The minimum absolute atomic E-state index is 0.148. The van der Waals surface area contributed by atoms with Crippen LogP contribution >= 0.6 is 0 Å². The van der Waals surface area contributed by atoms with E-state index in [9.17, 15) is 0 Å². The molecular formula is C10H18O2. The van der Waals surface area contributed by atoms with E-state index in [4.69, 9.17) is 9.47 Å². The molecule has 2 nitrogen and oxygen atoms in total. The predicted octanol–water partition coefficient (Wildman–Crippen LogP) is 2.19. The third-order valence-electron chi connectivity index (χ3n) is 1.05. The van der Waals surface area contributed by atoms with Gasteiger partial charge in [0.05, 0.1) is 12.2 Å². The minimum atomic E-state index is -0.380. The molecule has 0 saturated carbocycles. The van der Waals surface area contributed by atoms with Gasteiger partial charge in [0.25, 0.3) is 0 Å². The molecule has 0 amide bonds. The van der Waals surface area contributed by atoms with Gasteiger partial charge >= 0.3 is 0 Å². The van der Waals surface area contributed by atoms with Crippen molar-refractivity contribution in [2.45, 2.75) is 53.1 Å². The van der Waals surface area contributed by atoms with Crippen LogP contribution in [-0.4, -0.2) is 18.5 Å². The molecule has 70 valence electrons. The lowest BCUT2D eigenvalue weighted by Gasteiger charge is -2.17. The summed E-state index contributed by atoms with van der Waals surface area (Å²) in [6.07, 6.45) is -0.0841. The normalized spacial score (nSPS) is 10.7. The maximum atomic E-state index is 5.41. The van der Waals surface area contributed by atoms with Crippen molar-refractivity contribution in [1.29, 1.82) is 0 Å². The lowest BCUT2D eigenvalue weighted by Crippen LogP contribution is -2.22. The van der Waals surface area contributed by atoms with Crippen LogP contribution < -0.4 is 0 Å². The quantitative estimate of drug-likeness (QED) is 0.475. The van der Waals surface area contributed by atoms with Crippen LogP contribution in [0.3, 0.4) is 0 Å². The van der Waals surface area contributed by atoms with E-state index in [0.717, 1.165) is 0 Å². The zero-order valence-electron chi connectivity index (χ0n) is 8.55. The summed E-state index contributed by atoms with van der Waals surface area (Å²) >= 11 is 0. The van der Waals surface area contributed by atoms with Gasteiger partial charge in [-0.1, -0.05) is 0 Å². The molecule has 0 atom stereocenters. The number of hydrogen-bond acceptors (Lipinski definition) is 2. The molecule has 0 heterocycles. The van der Waals surface area contributed by atoms with E-state index in [-0.39, 0.29) is 18.5 Å². The smallest absolute Gasteiger partial charge is 0.222 e. The summed E-state index contributed by atoms with van der Waals surface area (Å²) in [7, 11) is 0. The van der Waals surface area contributed by atoms with Gasteiger partial charge in [-0.15, -0.1) is 5.92 Å². The largest absolute Gasteiger partial charge is 0.339 e. The van der Waals surface area contributed by atoms with Crippen molar-refractivity contribution in [2.75, 3.05) is 0 Å². The molecule has 0 fully saturated rings. The average molecular weight is 170 g/mol. The van der Waals surface area contributed by atoms with Gasteiger partial charge in [0.2, 0.25) is 6.29 Å². The fourth-order valence-electron chi connectivity index (χ4n) is 0.712. The summed E-state index contributed by atoms with van der Waals surface area (Å²) in [6, 6.07) is 0. The second-order valence-electron chi connectivity index (χ2n) is 3.10. The summed E-state index contributed by atoms with van der Waals surface area (Å²) < 4.78 is 10.8. The number of ether oxygens (including phenoxy) is 2. The summed E-state index contributed by atoms with van der Waals surface area (Å²) in [5.41, 5.74) is 0. The molecule has 0 aliphatic carbocycles. The Kier molecular flexibility index (Phi) is 5.79. The molecule has 0 N–H and O–H groups in total. The van der Waals surface area contributed by atoms with Crippen LogP contribution in [0.4, 0.5) is 0 Å². The van der Waals surface area contributed by atoms with Gasteiger partial charge < -0.3 is 9.47 Å². The zero-order chi connectivity index (χ0) is 9.56. The lowest BCUT2D eigenvalue weighted by molar-refractivity contribution is -0.146. The van der Waals surface area contributed by atoms with Crippen LogP contribution in [0.15, 0.2) is 0 Å². The Morgan fingerprint density at radius 3 is 1.58 bits per heavy atom. The Balaban J connectivity index is 3.92. The molecule has 0 rings (SSSR count). The molecule has 0 unspecified atom stereocenters. The fourth-order valence-corrected chi connectivity index (χ4v) is 0.712. The van der Waals surface area contributed by atoms with Crippen molar-refractivity contribution in [3.8, 4) is 11.8 Å². The van der Waals surface area contributed by atoms with E-state index in [1.165, 1.54) is 0 Å². The summed E-state index contributed by atoms with van der Waals surface area (Å²) in [6.45, 7) is 9.64. The highest BCUT2D eigenvalue weighted by Crippen LogP contribution is 2.02. The van der Waals surface area contributed by atoms with Crippen LogP contribution in [0.25, 0.3) is 0 Å². The highest BCUT2D eigenvalue weighted by Gasteiger charge is 2.09. The first-order valence-corrected chi connectivity index (χ1v) is 4.29. The second-order valence-corrected chi connectivity index (χ2v) is 3.10. The first-order chi connectivity index (χ1) is 5.56. The molecule has 2 heteroatoms. The van der Waals surface area contributed by atoms with Crippen LogP contribution in [0, 0.1) is 11.8 Å². The van der Waals surface area contributed by atoms with Gasteiger partial charge in [-0.25, -0.2) is 0 Å². The van der Waals surface area contributed by atoms with Gasteiger partial charge in [0.1, 0.15) is 0 Å². The van der Waals surface area contributed by atoms with Crippen molar-refractivity contribution in [3.63, 3.8) is 0 Å². The second kappa shape index (κ2) is 6.05. The molecule has 0 radical (unpaired) electrons. The molecule has 0 aromatic heterocycles. The van der Waals surface area contributed by atoms with Crippen LogP contribution in [0.2, 0.25) is 0 Å². The number of rotatable bonds is 4. The van der Waals surface area contributed by atoms with Crippen LogP contribution in [0.1, 0.15) is 34.6 Å². The van der Waals surface area contributed by atoms with Crippen LogP contribution in [0.5, 0.6) is 0 Å². The van der Waals surface area contributed by atoms with Crippen molar-refractivity contribution in [1.82, 2.24) is 0 Å². The fraction of sp³-hybridized carbons (Fsp3) is 0.800. The predicted molar refractivity (Wildman–Crippen MR) is 49.7 cm³/mol. The van der Waals surface area contributed by atoms with Crippen molar-refractivity contribution in [3.05, 3.63) is 0 Å². The third kappa shape index (κ3) is 6.21. The van der Waals surface area contributed by atoms with E-state index < -0.39 is 0 Å². The Bertz CT molecular complexity index is 152. The molecule has 0 aliphatic heterocycles. The van der Waals surface area contributed by atoms with Gasteiger partial charge in [-0.3, -0.25) is 0 Å². The molecular weight excluding hydrogens is 152 g/mol. The maximum Gasteiger partial charge on any atom is 0.222 e. The SMILES string of the molecule is CC#CC(OC(C)C)OC(C)C. The van der Waals surface area contributed by atoms with E-state index in [2.05, 4.69) is 11.8 Å². The molecule has 0 aliphatic rings. The van der Waals surface area contributed by atoms with Crippen molar-refractivity contribution < 1.29 is 9.47 Å². The maximum absolute atomic E-state index is 5.41. The highest BCUT2D eigenvalue weighted by molar-refractivity contribution is 4.99. The van der Waals surface area contributed by atoms with Gasteiger partial charge in [-0.2, -0.15) is 0 Å². The summed E-state index contributed by atoms with van der Waals surface area (Å²) in [5.74, 6) is 5.63. The topological polar surface area (TPSA) is 18.5 Å². The first kappa shape index (κ1) is 11.5. The Labute approximate surface area is 75.3 Å². The molecule has 0 aromatic rings. The molecule has 12 heavy (non-hydrogen) atoms. The van der Waals surface area contributed by atoms with E-state index >= 15 is 0 Å². The van der Waals surface area contributed by atoms with Gasteiger partial charge in [-0.05, 0) is 40.5 Å². The zero-order valence-corrected chi connectivity index (χ0v) is 8.55. The lowest BCUT2D eigenvalue weighted by atomic mass is 10.4. The first-order valence-electron chi connectivity index (χ1n) is 4.29. The minimum Gasteiger partial charge on any atom is -0.339 e. The molecule has 0 bridgehead atoms. The summed E-state index contributed by atoms with van der Waals surface area (Å²) in [5, 5.41) is 0. The average Bonchev–Trinajstić information content (AvgIpc) is 1.84. The highest BCUT2D eigenvalue weighted by atomic mass is 16.7. The Morgan fingerprint density at radius 1 is 0.917 bits per heavy atom. The van der Waals surface area contributed by atoms with Gasteiger partial charge in [0, 0.05) is 0 Å². The Morgan fingerprint density at radius 2 is 1.33 bits per heavy atom. The van der Waals surface area contributed by atoms with E-state index in [1.807, 2.05) is 27.7 Å². The molecule has 0 aromatic carbocycles. The molecule has 0 saturated heterocycles. The van der Waals surface area contributed by atoms with Crippen LogP contribution in [-0.2, 0) is 9.47 Å².